The molecule has 1 aliphatic heterocycles. The molecule has 1 atom stereocenters. The van der Waals surface area contributed by atoms with Gasteiger partial charge in [-0.25, -0.2) is 0 Å². The Kier molecular flexibility index (Phi) is 3.04. The third-order valence-corrected chi connectivity index (χ3v) is 4.85. The van der Waals surface area contributed by atoms with Crippen molar-refractivity contribution in [2.45, 2.75) is 44.1 Å². The number of carboxylic acids is 1. The van der Waals surface area contributed by atoms with Crippen molar-refractivity contribution in [3.05, 3.63) is 35.4 Å². The number of fused-ring (bicyclic) bond motifs is 1. The van der Waals surface area contributed by atoms with E-state index in [4.69, 9.17) is 0 Å². The largest absolute Gasteiger partial charge is 0.481 e. The predicted octanol–water partition coefficient (Wildman–Crippen LogP) is 2.64. The maximum absolute atomic E-state index is 12.7. The van der Waals surface area contributed by atoms with Gasteiger partial charge in [-0.2, -0.15) is 0 Å². The van der Waals surface area contributed by atoms with Crippen LogP contribution in [0, 0.1) is 0 Å². The Morgan fingerprint density at radius 2 is 2.00 bits per heavy atom. The molecule has 4 nitrogen and oxygen atoms in total. The van der Waals surface area contributed by atoms with Gasteiger partial charge < -0.3 is 10.0 Å². The van der Waals surface area contributed by atoms with Gasteiger partial charge in [-0.15, -0.1) is 0 Å². The monoisotopic (exact) mass is 273 g/mol. The second-order valence-electron chi connectivity index (χ2n) is 5.72. The zero-order valence-electron chi connectivity index (χ0n) is 11.6. The van der Waals surface area contributed by atoms with E-state index in [2.05, 4.69) is 0 Å². The SMILES string of the molecule is CCN1C(=O)c2ccccc2C(C(=O)O)C12CCCC2. The number of rotatable bonds is 2. The minimum Gasteiger partial charge on any atom is -0.481 e. The number of benzene rings is 1. The molecule has 1 N–H and O–H groups in total. The van der Waals surface area contributed by atoms with E-state index >= 15 is 0 Å². The Bertz CT molecular complexity index is 561. The molecule has 1 saturated carbocycles. The maximum atomic E-state index is 12.7. The van der Waals surface area contributed by atoms with E-state index in [0.717, 1.165) is 25.7 Å². The number of aliphatic carboxylic acids is 1. The normalized spacial score (nSPS) is 23.9. The highest BCUT2D eigenvalue weighted by Gasteiger charge is 2.55. The summed E-state index contributed by atoms with van der Waals surface area (Å²) in [4.78, 5) is 26.4. The summed E-state index contributed by atoms with van der Waals surface area (Å²) >= 11 is 0. The second-order valence-corrected chi connectivity index (χ2v) is 5.72. The van der Waals surface area contributed by atoms with Crippen LogP contribution >= 0.6 is 0 Å². The van der Waals surface area contributed by atoms with Crippen LogP contribution in [-0.2, 0) is 4.79 Å². The standard InChI is InChI=1S/C16H19NO3/c1-2-17-14(18)12-8-4-3-7-11(12)13(15(19)20)16(17)9-5-6-10-16/h3-4,7-8,13H,2,5-6,9-10H2,1H3,(H,19,20). The lowest BCUT2D eigenvalue weighted by molar-refractivity contribution is -0.143. The van der Waals surface area contributed by atoms with Crippen molar-refractivity contribution >= 4 is 11.9 Å². The Morgan fingerprint density at radius 1 is 1.35 bits per heavy atom. The summed E-state index contributed by atoms with van der Waals surface area (Å²) in [7, 11) is 0. The van der Waals surface area contributed by atoms with E-state index in [-0.39, 0.29) is 5.91 Å². The molecule has 1 amide bonds. The van der Waals surface area contributed by atoms with Gasteiger partial charge in [0.05, 0.1) is 5.54 Å². The fraction of sp³-hybridized carbons (Fsp3) is 0.500. The van der Waals surface area contributed by atoms with Crippen LogP contribution in [0.3, 0.4) is 0 Å². The molecule has 0 radical (unpaired) electrons. The molecule has 20 heavy (non-hydrogen) atoms. The molecule has 106 valence electrons. The third-order valence-electron chi connectivity index (χ3n) is 4.85. The summed E-state index contributed by atoms with van der Waals surface area (Å²) in [5, 5.41) is 9.77. The molecule has 1 unspecified atom stereocenters. The average Bonchev–Trinajstić information content (AvgIpc) is 2.89. The lowest BCUT2D eigenvalue weighted by atomic mass is 9.71. The lowest BCUT2D eigenvalue weighted by Gasteiger charge is -2.48. The highest BCUT2D eigenvalue weighted by atomic mass is 16.4. The number of nitrogens with zero attached hydrogens (tertiary/aromatic N) is 1. The zero-order chi connectivity index (χ0) is 14.3. The molecule has 0 saturated heterocycles. The van der Waals surface area contributed by atoms with E-state index < -0.39 is 17.4 Å². The molecular formula is C16H19NO3. The van der Waals surface area contributed by atoms with Crippen molar-refractivity contribution < 1.29 is 14.7 Å². The minimum absolute atomic E-state index is 0.0116. The van der Waals surface area contributed by atoms with E-state index in [1.165, 1.54) is 0 Å². The Hall–Kier alpha value is -1.84. The summed E-state index contributed by atoms with van der Waals surface area (Å²) < 4.78 is 0. The van der Waals surface area contributed by atoms with Gasteiger partial charge in [0, 0.05) is 12.1 Å². The van der Waals surface area contributed by atoms with Crippen LogP contribution in [0.25, 0.3) is 0 Å². The van der Waals surface area contributed by atoms with Crippen LogP contribution in [0.4, 0.5) is 0 Å². The Balaban J connectivity index is 2.24. The molecule has 0 aromatic heterocycles. The van der Waals surface area contributed by atoms with Crippen molar-refractivity contribution in [2.24, 2.45) is 0 Å². The van der Waals surface area contributed by atoms with E-state index in [1.54, 1.807) is 23.1 Å². The predicted molar refractivity (Wildman–Crippen MR) is 74.7 cm³/mol. The average molecular weight is 273 g/mol. The number of hydrogen-bond donors (Lipinski definition) is 1. The van der Waals surface area contributed by atoms with Gasteiger partial charge in [0.1, 0.15) is 5.92 Å². The van der Waals surface area contributed by atoms with Gasteiger partial charge in [0.15, 0.2) is 0 Å². The first-order valence-corrected chi connectivity index (χ1v) is 7.25. The smallest absolute Gasteiger partial charge is 0.313 e. The first kappa shape index (κ1) is 13.2. The molecule has 3 rings (SSSR count). The molecule has 0 bridgehead atoms. The first-order valence-electron chi connectivity index (χ1n) is 7.25. The number of carbonyl (C=O) groups is 2. The number of hydrogen-bond acceptors (Lipinski definition) is 2. The summed E-state index contributed by atoms with van der Waals surface area (Å²) in [5.74, 6) is -1.42. The van der Waals surface area contributed by atoms with E-state index in [1.807, 2.05) is 13.0 Å². The van der Waals surface area contributed by atoms with Crippen molar-refractivity contribution in [1.82, 2.24) is 4.90 Å². The van der Waals surface area contributed by atoms with E-state index in [0.29, 0.717) is 17.7 Å². The fourth-order valence-electron chi connectivity index (χ4n) is 4.10. The van der Waals surface area contributed by atoms with Crippen LogP contribution < -0.4 is 0 Å². The summed E-state index contributed by atoms with van der Waals surface area (Å²) in [6, 6.07) is 7.18. The van der Waals surface area contributed by atoms with Gasteiger partial charge in [0.2, 0.25) is 0 Å². The molecule has 1 fully saturated rings. The van der Waals surface area contributed by atoms with Crippen molar-refractivity contribution in [3.63, 3.8) is 0 Å². The molecule has 1 spiro atoms. The third kappa shape index (κ3) is 1.60. The highest BCUT2D eigenvalue weighted by molar-refractivity contribution is 6.01. The number of amides is 1. The number of carbonyl (C=O) groups excluding carboxylic acids is 1. The quantitative estimate of drug-likeness (QED) is 0.901. The Morgan fingerprint density at radius 3 is 2.60 bits per heavy atom. The molecule has 1 aromatic rings. The van der Waals surface area contributed by atoms with Gasteiger partial charge >= 0.3 is 5.97 Å². The highest BCUT2D eigenvalue weighted by Crippen LogP contribution is 2.50. The number of likely N-dealkylation sites (N-methyl/N-ethyl adjacent to an activating group) is 1. The summed E-state index contributed by atoms with van der Waals surface area (Å²) in [6.07, 6.45) is 3.57. The molecule has 4 heteroatoms. The molecular weight excluding hydrogens is 254 g/mol. The van der Waals surface area contributed by atoms with Crippen molar-refractivity contribution in [2.75, 3.05) is 6.54 Å². The summed E-state index contributed by atoms with van der Waals surface area (Å²) in [6.45, 7) is 2.50. The van der Waals surface area contributed by atoms with Gasteiger partial charge in [-0.05, 0) is 31.4 Å². The topological polar surface area (TPSA) is 57.6 Å². The van der Waals surface area contributed by atoms with Gasteiger partial charge in [0.25, 0.3) is 5.91 Å². The van der Waals surface area contributed by atoms with Crippen LogP contribution in [0.5, 0.6) is 0 Å². The molecule has 1 heterocycles. The first-order chi connectivity index (χ1) is 9.62. The number of carboxylic acid groups (broad SMARTS) is 1. The van der Waals surface area contributed by atoms with Gasteiger partial charge in [-0.3, -0.25) is 9.59 Å². The molecule has 1 aliphatic carbocycles. The Labute approximate surface area is 118 Å². The molecule has 2 aliphatic rings. The van der Waals surface area contributed by atoms with E-state index in [9.17, 15) is 14.7 Å². The fourth-order valence-corrected chi connectivity index (χ4v) is 4.10. The summed E-state index contributed by atoms with van der Waals surface area (Å²) in [5.41, 5.74) is 0.724. The maximum Gasteiger partial charge on any atom is 0.313 e. The van der Waals surface area contributed by atoms with Crippen LogP contribution in [0.1, 0.15) is 54.4 Å². The van der Waals surface area contributed by atoms with Crippen LogP contribution in [-0.4, -0.2) is 34.0 Å². The van der Waals surface area contributed by atoms with Crippen molar-refractivity contribution in [3.8, 4) is 0 Å². The van der Waals surface area contributed by atoms with Gasteiger partial charge in [-0.1, -0.05) is 31.0 Å². The second kappa shape index (κ2) is 4.62. The zero-order valence-corrected chi connectivity index (χ0v) is 11.6. The van der Waals surface area contributed by atoms with Crippen LogP contribution in [0.15, 0.2) is 24.3 Å². The lowest BCUT2D eigenvalue weighted by Crippen LogP contribution is -2.59. The van der Waals surface area contributed by atoms with Crippen molar-refractivity contribution in [1.29, 1.82) is 0 Å². The molecule has 1 aromatic carbocycles. The minimum atomic E-state index is -0.815. The van der Waals surface area contributed by atoms with Crippen LogP contribution in [0.2, 0.25) is 0 Å².